The number of benzene rings is 1. The summed E-state index contributed by atoms with van der Waals surface area (Å²) in [6, 6.07) is 5.47. The van der Waals surface area contributed by atoms with Crippen LogP contribution in [0.2, 0.25) is 0 Å². The largest absolute Gasteiger partial charge is 0.342 e. The maximum atomic E-state index is 12.8. The van der Waals surface area contributed by atoms with Crippen LogP contribution in [0.3, 0.4) is 0 Å². The lowest BCUT2D eigenvalue weighted by atomic mass is 9.94. The van der Waals surface area contributed by atoms with Gasteiger partial charge < -0.3 is 4.90 Å². The van der Waals surface area contributed by atoms with Gasteiger partial charge in [-0.05, 0) is 30.5 Å². The molecule has 4 nitrogen and oxygen atoms in total. The molecule has 0 unspecified atom stereocenters. The van der Waals surface area contributed by atoms with Crippen LogP contribution >= 0.6 is 0 Å². The SMILES string of the molecule is CN(C(=O)CS(=O)(=O)Cc1ccc(F)cc1)C1CCCCC1. The zero-order valence-corrected chi connectivity index (χ0v) is 13.6. The van der Waals surface area contributed by atoms with E-state index in [0.29, 0.717) is 5.56 Å². The van der Waals surface area contributed by atoms with Crippen LogP contribution in [0.1, 0.15) is 37.7 Å². The number of halogens is 1. The summed E-state index contributed by atoms with van der Waals surface area (Å²) in [5, 5.41) is 0. The first-order valence-corrected chi connectivity index (χ1v) is 9.40. The molecule has 1 aromatic rings. The Morgan fingerprint density at radius 3 is 2.36 bits per heavy atom. The van der Waals surface area contributed by atoms with Gasteiger partial charge in [-0.1, -0.05) is 31.4 Å². The highest BCUT2D eigenvalue weighted by Crippen LogP contribution is 2.22. The molecule has 1 fully saturated rings. The van der Waals surface area contributed by atoms with Crippen LogP contribution in [-0.2, 0) is 20.4 Å². The van der Waals surface area contributed by atoms with Crippen molar-refractivity contribution in [3.63, 3.8) is 0 Å². The second kappa shape index (κ2) is 7.22. The number of amides is 1. The van der Waals surface area contributed by atoms with Crippen LogP contribution in [0.5, 0.6) is 0 Å². The fourth-order valence-corrected chi connectivity index (χ4v) is 4.23. The van der Waals surface area contributed by atoms with Crippen molar-refractivity contribution in [3.05, 3.63) is 35.6 Å². The monoisotopic (exact) mass is 327 g/mol. The van der Waals surface area contributed by atoms with E-state index in [1.165, 1.54) is 30.7 Å². The molecule has 0 atom stereocenters. The van der Waals surface area contributed by atoms with Crippen LogP contribution in [-0.4, -0.2) is 38.1 Å². The number of hydrogen-bond acceptors (Lipinski definition) is 3. The molecule has 1 amide bonds. The van der Waals surface area contributed by atoms with Crippen LogP contribution < -0.4 is 0 Å². The first-order chi connectivity index (χ1) is 10.4. The van der Waals surface area contributed by atoms with Crippen molar-refractivity contribution in [1.82, 2.24) is 4.90 Å². The van der Waals surface area contributed by atoms with E-state index >= 15 is 0 Å². The number of carbonyl (C=O) groups is 1. The Hall–Kier alpha value is -1.43. The molecule has 0 aliphatic heterocycles. The third-order valence-corrected chi connectivity index (χ3v) is 5.62. The Balaban J connectivity index is 1.95. The Kier molecular flexibility index (Phi) is 5.56. The first-order valence-electron chi connectivity index (χ1n) is 7.58. The normalized spacial score (nSPS) is 16.5. The molecule has 6 heteroatoms. The van der Waals surface area contributed by atoms with Crippen molar-refractivity contribution in [2.75, 3.05) is 12.8 Å². The first kappa shape index (κ1) is 16.9. The van der Waals surface area contributed by atoms with Gasteiger partial charge in [-0.3, -0.25) is 4.79 Å². The number of carbonyl (C=O) groups excluding carboxylic acids is 1. The fraction of sp³-hybridized carbons (Fsp3) is 0.562. The van der Waals surface area contributed by atoms with Gasteiger partial charge in [0.1, 0.15) is 11.6 Å². The minimum atomic E-state index is -3.54. The summed E-state index contributed by atoms with van der Waals surface area (Å²) in [4.78, 5) is 13.8. The van der Waals surface area contributed by atoms with Gasteiger partial charge in [0.05, 0.1) is 5.75 Å². The van der Waals surface area contributed by atoms with E-state index in [9.17, 15) is 17.6 Å². The number of nitrogens with zero attached hydrogens (tertiary/aromatic N) is 1. The predicted octanol–water partition coefficient (Wildman–Crippen LogP) is 2.53. The van der Waals surface area contributed by atoms with Crippen molar-refractivity contribution < 1.29 is 17.6 Å². The molecule has 0 bridgehead atoms. The molecule has 1 aliphatic carbocycles. The minimum absolute atomic E-state index is 0.155. The average Bonchev–Trinajstić information content (AvgIpc) is 2.49. The van der Waals surface area contributed by atoms with Crippen LogP contribution in [0.4, 0.5) is 4.39 Å². The summed E-state index contributed by atoms with van der Waals surface area (Å²) in [5.41, 5.74) is 0.495. The average molecular weight is 327 g/mol. The van der Waals surface area contributed by atoms with E-state index in [1.54, 1.807) is 11.9 Å². The van der Waals surface area contributed by atoms with E-state index in [4.69, 9.17) is 0 Å². The Labute approximate surface area is 131 Å². The molecular formula is C16H22FNO3S. The molecule has 0 N–H and O–H groups in total. The van der Waals surface area contributed by atoms with Crippen molar-refractivity contribution in [3.8, 4) is 0 Å². The maximum absolute atomic E-state index is 12.8. The molecule has 0 spiro atoms. The van der Waals surface area contributed by atoms with E-state index in [0.717, 1.165) is 25.7 Å². The zero-order chi connectivity index (χ0) is 16.2. The summed E-state index contributed by atoms with van der Waals surface area (Å²) < 4.78 is 37.1. The van der Waals surface area contributed by atoms with Gasteiger partial charge in [-0.25, -0.2) is 12.8 Å². The van der Waals surface area contributed by atoms with Crippen molar-refractivity contribution >= 4 is 15.7 Å². The topological polar surface area (TPSA) is 54.5 Å². The lowest BCUT2D eigenvalue weighted by molar-refractivity contribution is -0.129. The molecule has 22 heavy (non-hydrogen) atoms. The van der Waals surface area contributed by atoms with Gasteiger partial charge in [0, 0.05) is 13.1 Å². The smallest absolute Gasteiger partial charge is 0.237 e. The van der Waals surface area contributed by atoms with Crippen molar-refractivity contribution in [1.29, 1.82) is 0 Å². The van der Waals surface area contributed by atoms with Gasteiger partial charge in [0.2, 0.25) is 5.91 Å². The van der Waals surface area contributed by atoms with E-state index in [1.807, 2.05) is 0 Å². The summed E-state index contributed by atoms with van der Waals surface area (Å²) in [6.07, 6.45) is 5.25. The minimum Gasteiger partial charge on any atom is -0.342 e. The van der Waals surface area contributed by atoms with Gasteiger partial charge in [-0.2, -0.15) is 0 Å². The molecule has 0 aromatic heterocycles. The number of rotatable bonds is 5. The highest BCUT2D eigenvalue weighted by molar-refractivity contribution is 7.91. The second-order valence-corrected chi connectivity index (χ2v) is 8.02. The van der Waals surface area contributed by atoms with Crippen molar-refractivity contribution in [2.24, 2.45) is 0 Å². The third kappa shape index (κ3) is 4.80. The van der Waals surface area contributed by atoms with Crippen LogP contribution in [0, 0.1) is 5.82 Å². The highest BCUT2D eigenvalue weighted by Gasteiger charge is 2.26. The van der Waals surface area contributed by atoms with E-state index in [2.05, 4.69) is 0 Å². The molecule has 1 saturated carbocycles. The third-order valence-electron chi connectivity index (χ3n) is 4.16. The van der Waals surface area contributed by atoms with Crippen LogP contribution in [0.15, 0.2) is 24.3 Å². The molecule has 122 valence electrons. The van der Waals surface area contributed by atoms with Crippen molar-refractivity contribution in [2.45, 2.75) is 43.9 Å². The Bertz CT molecular complexity index is 607. The quantitative estimate of drug-likeness (QED) is 0.835. The molecular weight excluding hydrogens is 305 g/mol. The predicted molar refractivity (Wildman–Crippen MR) is 83.5 cm³/mol. The molecule has 0 saturated heterocycles. The maximum Gasteiger partial charge on any atom is 0.237 e. The molecule has 0 radical (unpaired) electrons. The Morgan fingerprint density at radius 2 is 1.77 bits per heavy atom. The van der Waals surface area contributed by atoms with Gasteiger partial charge in [0.15, 0.2) is 9.84 Å². The summed E-state index contributed by atoms with van der Waals surface area (Å²) >= 11 is 0. The fourth-order valence-electron chi connectivity index (χ4n) is 2.85. The number of hydrogen-bond donors (Lipinski definition) is 0. The molecule has 0 heterocycles. The standard InChI is InChI=1S/C16H22FNO3S/c1-18(15-5-3-2-4-6-15)16(19)12-22(20,21)11-13-7-9-14(17)10-8-13/h7-10,15H,2-6,11-12H2,1H3. The lowest BCUT2D eigenvalue weighted by Gasteiger charge is -2.31. The van der Waals surface area contributed by atoms with Gasteiger partial charge in [0.25, 0.3) is 0 Å². The molecule has 1 aliphatic rings. The summed E-state index contributed by atoms with van der Waals surface area (Å²) in [7, 11) is -1.86. The van der Waals surface area contributed by atoms with E-state index in [-0.39, 0.29) is 17.7 Å². The molecule has 2 rings (SSSR count). The molecule has 1 aromatic carbocycles. The number of sulfone groups is 1. The Morgan fingerprint density at radius 1 is 1.18 bits per heavy atom. The lowest BCUT2D eigenvalue weighted by Crippen LogP contribution is -2.41. The second-order valence-electron chi connectivity index (χ2n) is 5.96. The van der Waals surface area contributed by atoms with Crippen LogP contribution in [0.25, 0.3) is 0 Å². The van der Waals surface area contributed by atoms with E-state index < -0.39 is 21.4 Å². The highest BCUT2D eigenvalue weighted by atomic mass is 32.2. The van der Waals surface area contributed by atoms with Gasteiger partial charge in [-0.15, -0.1) is 0 Å². The summed E-state index contributed by atoms with van der Waals surface area (Å²) in [5.74, 6) is -1.49. The summed E-state index contributed by atoms with van der Waals surface area (Å²) in [6.45, 7) is 0. The zero-order valence-electron chi connectivity index (χ0n) is 12.8. The van der Waals surface area contributed by atoms with Gasteiger partial charge >= 0.3 is 0 Å².